The number of imidazole rings is 1. The first kappa shape index (κ1) is 21.1. The fourth-order valence-electron chi connectivity index (χ4n) is 3.21. The van der Waals surface area contributed by atoms with Crippen molar-refractivity contribution in [1.29, 1.82) is 0 Å². The van der Waals surface area contributed by atoms with Crippen LogP contribution in [0.4, 0.5) is 39.5 Å². The molecule has 0 atom stereocenters. The van der Waals surface area contributed by atoms with Crippen LogP contribution in [0.5, 0.6) is 0 Å². The van der Waals surface area contributed by atoms with Crippen LogP contribution in [-0.4, -0.2) is 20.4 Å². The summed E-state index contributed by atoms with van der Waals surface area (Å²) in [6, 6.07) is 7.40. The summed E-state index contributed by atoms with van der Waals surface area (Å²) >= 11 is 0. The minimum Gasteiger partial charge on any atom is -0.382 e. The van der Waals surface area contributed by atoms with Gasteiger partial charge in [0.15, 0.2) is 0 Å². The molecule has 0 aliphatic heterocycles. The van der Waals surface area contributed by atoms with Crippen molar-refractivity contribution in [2.24, 2.45) is 0 Å². The Bertz CT molecular complexity index is 1310. The third kappa shape index (κ3) is 4.04. The number of carbonyl (C=O) groups excluding carboxylic acids is 1. The quantitative estimate of drug-likeness (QED) is 0.384. The van der Waals surface area contributed by atoms with Crippen molar-refractivity contribution in [1.82, 2.24) is 14.4 Å². The molecule has 0 saturated carbocycles. The molecule has 32 heavy (non-hydrogen) atoms. The monoisotopic (exact) mass is 444 g/mol. The van der Waals surface area contributed by atoms with Gasteiger partial charge in [-0.2, -0.15) is 13.2 Å². The maximum Gasteiger partial charge on any atom is 0.416 e. The van der Waals surface area contributed by atoms with Crippen molar-refractivity contribution in [3.05, 3.63) is 72.1 Å². The third-order valence-corrected chi connectivity index (χ3v) is 4.72. The summed E-state index contributed by atoms with van der Waals surface area (Å²) in [4.78, 5) is 20.8. The minimum atomic E-state index is -4.66. The largest absolute Gasteiger partial charge is 0.416 e. The molecule has 0 aliphatic carbocycles. The number of nitrogens with zero attached hydrogens (tertiary/aromatic N) is 3. The third-order valence-electron chi connectivity index (χ3n) is 4.72. The Labute approximate surface area is 178 Å². The lowest BCUT2D eigenvalue weighted by atomic mass is 10.1. The molecule has 7 nitrogen and oxygen atoms in total. The molecule has 0 unspecified atom stereocenters. The van der Waals surface area contributed by atoms with Crippen molar-refractivity contribution < 1.29 is 22.4 Å². The number of nitrogens with two attached hydrogens (primary N) is 1. The molecular weight excluding hydrogens is 428 g/mol. The molecule has 0 spiro atoms. The first-order chi connectivity index (χ1) is 15.1. The molecule has 2 aromatic carbocycles. The van der Waals surface area contributed by atoms with Crippen LogP contribution in [0.15, 0.2) is 54.9 Å². The Morgan fingerprint density at radius 1 is 1.09 bits per heavy atom. The molecule has 11 heteroatoms. The van der Waals surface area contributed by atoms with E-state index in [-0.39, 0.29) is 0 Å². The highest BCUT2D eigenvalue weighted by Crippen LogP contribution is 2.32. The topological polar surface area (TPSA) is 97.3 Å². The summed E-state index contributed by atoms with van der Waals surface area (Å²) in [6.07, 6.45) is -1.35. The molecule has 0 fully saturated rings. The van der Waals surface area contributed by atoms with E-state index in [0.29, 0.717) is 52.3 Å². The number of fused-ring (bicyclic) bond motifs is 1. The molecular formula is C21H16F4N6O. The van der Waals surface area contributed by atoms with E-state index in [1.807, 2.05) is 6.92 Å². The van der Waals surface area contributed by atoms with Crippen LogP contribution in [0.3, 0.4) is 0 Å². The number of anilines is 3. The SMILES string of the molecule is Cc1nc(-c2ccc(NC(=O)Nc3cc(C(F)(F)F)ccc3F)cc2)c2c(N)nccn12. The normalized spacial score (nSPS) is 11.5. The summed E-state index contributed by atoms with van der Waals surface area (Å²) in [7, 11) is 0. The second-order valence-corrected chi connectivity index (χ2v) is 6.89. The van der Waals surface area contributed by atoms with Gasteiger partial charge in [0.05, 0.1) is 11.3 Å². The highest BCUT2D eigenvalue weighted by molar-refractivity contribution is 6.00. The van der Waals surface area contributed by atoms with Gasteiger partial charge in [-0.05, 0) is 37.3 Å². The predicted octanol–water partition coefficient (Wildman–Crippen LogP) is 5.09. The molecule has 2 amide bonds. The number of hydrogen-bond acceptors (Lipinski definition) is 4. The molecule has 164 valence electrons. The maximum atomic E-state index is 13.8. The van der Waals surface area contributed by atoms with Gasteiger partial charge < -0.3 is 16.4 Å². The molecule has 0 bridgehead atoms. The van der Waals surface area contributed by atoms with E-state index in [9.17, 15) is 22.4 Å². The number of nitrogen functional groups attached to an aromatic ring is 1. The van der Waals surface area contributed by atoms with Crippen LogP contribution < -0.4 is 16.4 Å². The van der Waals surface area contributed by atoms with Gasteiger partial charge in [0.25, 0.3) is 0 Å². The van der Waals surface area contributed by atoms with Crippen LogP contribution in [0.1, 0.15) is 11.4 Å². The molecule has 0 saturated heterocycles. The van der Waals surface area contributed by atoms with Crippen molar-refractivity contribution in [3.8, 4) is 11.3 Å². The number of nitrogens with one attached hydrogen (secondary N) is 2. The summed E-state index contributed by atoms with van der Waals surface area (Å²) in [5, 5.41) is 4.53. The summed E-state index contributed by atoms with van der Waals surface area (Å²) < 4.78 is 54.1. The number of amides is 2. The Kier molecular flexibility index (Phi) is 5.17. The second-order valence-electron chi connectivity index (χ2n) is 6.89. The highest BCUT2D eigenvalue weighted by Gasteiger charge is 2.31. The maximum absolute atomic E-state index is 13.8. The zero-order valence-electron chi connectivity index (χ0n) is 16.5. The van der Waals surface area contributed by atoms with E-state index in [1.165, 1.54) is 0 Å². The number of benzene rings is 2. The number of carbonyl (C=O) groups is 1. The first-order valence-corrected chi connectivity index (χ1v) is 9.28. The number of halogens is 4. The van der Waals surface area contributed by atoms with Crippen LogP contribution in [0.25, 0.3) is 16.8 Å². The lowest BCUT2D eigenvalue weighted by molar-refractivity contribution is -0.137. The summed E-state index contributed by atoms with van der Waals surface area (Å²) in [6.45, 7) is 1.82. The number of alkyl halides is 3. The van der Waals surface area contributed by atoms with Crippen LogP contribution in [0.2, 0.25) is 0 Å². The molecule has 2 aromatic heterocycles. The minimum absolute atomic E-state index is 0.313. The Hall–Kier alpha value is -4.15. The molecule has 4 N–H and O–H groups in total. The average Bonchev–Trinajstić information content (AvgIpc) is 3.07. The molecule has 0 radical (unpaired) electrons. The van der Waals surface area contributed by atoms with Crippen molar-refractivity contribution in [3.63, 3.8) is 0 Å². The fraction of sp³-hybridized carbons (Fsp3) is 0.0952. The second kappa shape index (κ2) is 7.84. The van der Waals surface area contributed by atoms with E-state index in [2.05, 4.69) is 20.6 Å². The van der Waals surface area contributed by atoms with Crippen molar-refractivity contribution in [2.45, 2.75) is 13.1 Å². The molecule has 4 rings (SSSR count). The van der Waals surface area contributed by atoms with Crippen LogP contribution in [0, 0.1) is 12.7 Å². The smallest absolute Gasteiger partial charge is 0.382 e. The lowest BCUT2D eigenvalue weighted by Crippen LogP contribution is -2.20. The van der Waals surface area contributed by atoms with Gasteiger partial charge in [-0.15, -0.1) is 0 Å². The fourth-order valence-corrected chi connectivity index (χ4v) is 3.21. The van der Waals surface area contributed by atoms with Gasteiger partial charge in [0.2, 0.25) is 0 Å². The van der Waals surface area contributed by atoms with Gasteiger partial charge in [0, 0.05) is 23.6 Å². The molecule has 4 aromatic rings. The van der Waals surface area contributed by atoms with Crippen molar-refractivity contribution in [2.75, 3.05) is 16.4 Å². The molecule has 2 heterocycles. The van der Waals surface area contributed by atoms with E-state index < -0.39 is 29.3 Å². The standard InChI is InChI=1S/C21H16F4N6O/c1-11-28-17(18-19(26)27-8-9-31(11)18)12-2-5-14(6-3-12)29-20(32)30-16-10-13(21(23,24)25)4-7-15(16)22/h2-10H,1H3,(H2,26,27)(H2,29,30,32). The Morgan fingerprint density at radius 3 is 2.50 bits per heavy atom. The van der Waals surface area contributed by atoms with E-state index >= 15 is 0 Å². The van der Waals surface area contributed by atoms with Gasteiger partial charge >= 0.3 is 12.2 Å². The number of rotatable bonds is 3. The van der Waals surface area contributed by atoms with Gasteiger partial charge in [-0.1, -0.05) is 12.1 Å². The Balaban J connectivity index is 1.52. The number of hydrogen-bond donors (Lipinski definition) is 3. The predicted molar refractivity (Wildman–Crippen MR) is 112 cm³/mol. The average molecular weight is 444 g/mol. The van der Waals surface area contributed by atoms with Crippen LogP contribution in [-0.2, 0) is 6.18 Å². The van der Waals surface area contributed by atoms with Crippen LogP contribution >= 0.6 is 0 Å². The van der Waals surface area contributed by atoms with E-state index in [4.69, 9.17) is 5.73 Å². The van der Waals surface area contributed by atoms with E-state index in [1.54, 1.807) is 41.1 Å². The summed E-state index contributed by atoms with van der Waals surface area (Å²) in [5.74, 6) is 0.0401. The van der Waals surface area contributed by atoms with Gasteiger partial charge in [0.1, 0.15) is 28.7 Å². The molecule has 0 aliphatic rings. The zero-order chi connectivity index (χ0) is 23.0. The van der Waals surface area contributed by atoms with Crippen molar-refractivity contribution >= 4 is 28.7 Å². The zero-order valence-corrected chi connectivity index (χ0v) is 16.5. The first-order valence-electron chi connectivity index (χ1n) is 9.28. The van der Waals surface area contributed by atoms with E-state index in [0.717, 1.165) is 0 Å². The van der Waals surface area contributed by atoms with Gasteiger partial charge in [-0.3, -0.25) is 4.40 Å². The number of urea groups is 1. The highest BCUT2D eigenvalue weighted by atomic mass is 19.4. The number of aryl methyl sites for hydroxylation is 1. The Morgan fingerprint density at radius 2 is 1.81 bits per heavy atom. The summed E-state index contributed by atoms with van der Waals surface area (Å²) in [5.41, 5.74) is 6.63. The number of aromatic nitrogens is 3. The lowest BCUT2D eigenvalue weighted by Gasteiger charge is -2.12. The van der Waals surface area contributed by atoms with Gasteiger partial charge in [-0.25, -0.2) is 19.2 Å².